The summed E-state index contributed by atoms with van der Waals surface area (Å²) in [5.74, 6) is 0.632. The number of piperazine rings is 4. The Kier molecular flexibility index (Phi) is 34.3. The maximum absolute atomic E-state index is 13.9. The predicted octanol–water partition coefficient (Wildman–Crippen LogP) is 15.5. The number of amides is 5. The molecule has 4 fully saturated rings. The van der Waals surface area contributed by atoms with Gasteiger partial charge in [0.2, 0.25) is 28.8 Å². The second-order valence-electron chi connectivity index (χ2n) is 33.4. The highest BCUT2D eigenvalue weighted by molar-refractivity contribution is 7.93. The summed E-state index contributed by atoms with van der Waals surface area (Å²) < 4.78 is 112. The van der Waals surface area contributed by atoms with Gasteiger partial charge < -0.3 is 49.0 Å². The first-order chi connectivity index (χ1) is 66.2. The number of sulfone groups is 1. The van der Waals surface area contributed by atoms with Crippen molar-refractivity contribution in [1.29, 1.82) is 0 Å². The fourth-order valence-corrected chi connectivity index (χ4v) is 23.0. The minimum absolute atomic E-state index is 0. The summed E-state index contributed by atoms with van der Waals surface area (Å²) in [5.41, 5.74) is 8.07. The highest BCUT2D eigenvalue weighted by atomic mass is 35.5. The molecule has 9 heterocycles. The Bertz CT molecular complexity index is 6670. The van der Waals surface area contributed by atoms with Gasteiger partial charge in [-0.25, -0.2) is 63.6 Å². The molecule has 0 radical (unpaired) electrons. The third kappa shape index (κ3) is 27.0. The van der Waals surface area contributed by atoms with Crippen LogP contribution in [0.1, 0.15) is 79.6 Å². The predicted molar refractivity (Wildman–Crippen MR) is 551 cm³/mol. The zero-order valence-electron chi connectivity index (χ0n) is 75.8. The molecule has 3 N–H and O–H groups in total. The number of likely N-dealkylation sites (N-methyl/N-ethyl adjacent to an activating group) is 1. The molecule has 5 amide bonds. The number of nitrogens with one attached hydrogen (secondary N) is 3. The summed E-state index contributed by atoms with van der Waals surface area (Å²) >= 11 is 26.5. The van der Waals surface area contributed by atoms with Crippen molar-refractivity contribution in [3.8, 4) is 0 Å². The number of aromatic nitrogens is 7. The molecule has 2 atom stereocenters. The Hall–Kier alpha value is -12.2. The van der Waals surface area contributed by atoms with Crippen molar-refractivity contribution in [2.24, 2.45) is 5.92 Å². The Balaban J connectivity index is 0.000000211. The maximum Gasteiger partial charge on any atom is 0.263 e. The maximum atomic E-state index is 13.9. The van der Waals surface area contributed by atoms with Crippen LogP contribution in [-0.2, 0) is 71.3 Å². The summed E-state index contributed by atoms with van der Waals surface area (Å²) in [7, 11) is -12.8. The topological polar surface area (TPSA) is 381 Å². The first-order valence-electron chi connectivity index (χ1n) is 44.3. The van der Waals surface area contributed by atoms with E-state index in [1.54, 1.807) is 142 Å². The average Bonchev–Trinajstić information content (AvgIpc) is 1.24. The molecule has 12 aromatic rings. The number of carbonyl (C=O) groups excluding carboxylic acids is 5. The quantitative estimate of drug-likeness (QED) is 0.0430. The fraction of sp³-hybridized carbons (Fsp3) is 0.305. The molecule has 4 aromatic heterocycles. The Labute approximate surface area is 838 Å². The van der Waals surface area contributed by atoms with E-state index in [2.05, 4.69) is 101 Å². The molecule has 8 aromatic carbocycles. The van der Waals surface area contributed by atoms with Crippen molar-refractivity contribution < 1.29 is 64.8 Å². The smallest absolute Gasteiger partial charge is 0.263 e. The molecule has 0 unspecified atom stereocenters. The number of fused-ring (bicyclic) bond motifs is 1. The lowest BCUT2D eigenvalue weighted by Crippen LogP contribution is -2.58. The second kappa shape index (κ2) is 46.5. The zero-order chi connectivity index (χ0) is 97.8. The molecule has 0 aliphatic carbocycles. The minimum Gasteiger partial charge on any atom is -0.368 e. The van der Waals surface area contributed by atoms with Gasteiger partial charge in [0.05, 0.1) is 36.7 Å². The van der Waals surface area contributed by atoms with Crippen LogP contribution in [0.25, 0.3) is 0 Å². The van der Waals surface area contributed by atoms with Crippen molar-refractivity contribution in [1.82, 2.24) is 53.9 Å². The van der Waals surface area contributed by atoms with Gasteiger partial charge in [-0.3, -0.25) is 38.1 Å². The van der Waals surface area contributed by atoms with Crippen LogP contribution in [0.4, 0.5) is 50.9 Å². The molecule has 138 heavy (non-hydrogen) atoms. The summed E-state index contributed by atoms with van der Waals surface area (Å²) in [6, 6.07) is 57.2. The van der Waals surface area contributed by atoms with Crippen LogP contribution < -0.4 is 43.6 Å². The van der Waals surface area contributed by atoms with Crippen LogP contribution in [0.5, 0.6) is 0 Å². The molecule has 0 bridgehead atoms. The highest BCUT2D eigenvalue weighted by Crippen LogP contribution is 2.36. The molecule has 0 spiro atoms. The van der Waals surface area contributed by atoms with E-state index in [1.165, 1.54) is 72.5 Å². The van der Waals surface area contributed by atoms with Crippen LogP contribution >= 0.6 is 69.3 Å². The molecule has 5 aliphatic rings. The van der Waals surface area contributed by atoms with Crippen LogP contribution in [0.2, 0.25) is 20.1 Å². The molecule has 5 aliphatic heterocycles. The number of thiazole rings is 1. The molecule has 734 valence electrons. The van der Waals surface area contributed by atoms with Crippen LogP contribution in [0.3, 0.4) is 0 Å². The van der Waals surface area contributed by atoms with Gasteiger partial charge in [0.1, 0.15) is 54.0 Å². The van der Waals surface area contributed by atoms with Crippen molar-refractivity contribution in [3.63, 3.8) is 0 Å². The lowest BCUT2D eigenvalue weighted by atomic mass is 9.95. The third-order valence-corrected chi connectivity index (χ3v) is 32.1. The van der Waals surface area contributed by atoms with Crippen LogP contribution in [0, 0.1) is 5.92 Å². The molecule has 0 saturated carbocycles. The average molecular weight is 2080 g/mol. The lowest BCUT2D eigenvalue weighted by molar-refractivity contribution is -0.138. The minimum atomic E-state index is -3.74. The van der Waals surface area contributed by atoms with Gasteiger partial charge in [-0.05, 0) is 212 Å². The third-order valence-electron chi connectivity index (χ3n) is 23.6. The molecular weight excluding hydrogens is 1960 g/mol. The standard InChI is InChI=1S/C29H33ClN4O4S2.C24H27N5O3S.C23H25ClN6O3S.C19H17Cl2N5O3S2.5H2/c1-20(2)16-26(34-12-3-4-21-17-22(30)5-10-25(21)34)29(36)32-13-14-33(28(35)18-32)23-6-8-24(9-7-23)40(37,38)19-27-31-11-15-39-27;1-19(20-5-3-2-4-6-20)17-24(30)29-15-13-28(14-16-29)21-7-9-22(10-8-21)33(31,32)27-23-11-12-25-18-26-23;1-28(19-4-2-18(24)3-5-19)16-23(31)30-14-12-29(13-15-30)20-6-8-21(9-7-20)34(32,33)27-22-10-11-25-17-26-22;20-13-1-6-16(17(21)11-13)18(27)26-9-7-25(8-10-26)14-2-4-15(5-3-14)31(28,29)24-19-22-12-23-30-19;;;;;/h5-11,15,17,20,26H,3-4,12-14,16,18-19H2,1-2H3;2-12,18-19H,13-17H2,1H3,(H,25,26,27);2-11,17H,12-16H2,1H3,(H,25,26,27);1-6,11-12H,7-10H2,(H,22,23,24);5*1H/t26-;19-;;;;;;;/m11......./s1. The van der Waals surface area contributed by atoms with Gasteiger partial charge in [0, 0.05) is 203 Å². The van der Waals surface area contributed by atoms with E-state index in [4.69, 9.17) is 46.4 Å². The number of halogens is 4. The number of hydrogen-bond donors (Lipinski definition) is 3. The lowest BCUT2D eigenvalue weighted by Gasteiger charge is -2.42. The number of anilines is 9. The zero-order valence-corrected chi connectivity index (χ0v) is 83.7. The number of rotatable bonds is 27. The van der Waals surface area contributed by atoms with Crippen molar-refractivity contribution >= 4 is 190 Å². The van der Waals surface area contributed by atoms with Crippen LogP contribution in [-0.4, -0.2) is 241 Å². The number of sulfonamides is 3. The fourth-order valence-electron chi connectivity index (χ4n) is 16.3. The van der Waals surface area contributed by atoms with Crippen molar-refractivity contribution in [3.05, 3.63) is 285 Å². The van der Waals surface area contributed by atoms with E-state index in [9.17, 15) is 57.6 Å². The molecule has 4 saturated heterocycles. The van der Waals surface area contributed by atoms with Crippen molar-refractivity contribution in [2.75, 3.05) is 162 Å². The number of nitrogens with zero attached hydrogens (tertiary/aromatic N) is 17. The largest absolute Gasteiger partial charge is 0.368 e. The van der Waals surface area contributed by atoms with E-state index in [1.807, 2.05) is 70.3 Å². The first kappa shape index (κ1) is 102. The first-order valence-corrected chi connectivity index (χ1v) is 53.6. The monoisotopic (exact) mass is 2070 g/mol. The Morgan fingerprint density at radius 3 is 1.49 bits per heavy atom. The number of hydrogen-bond acceptors (Lipinski definition) is 27. The highest BCUT2D eigenvalue weighted by Gasteiger charge is 2.38. The van der Waals surface area contributed by atoms with Gasteiger partial charge in [0.25, 0.3) is 36.0 Å². The van der Waals surface area contributed by atoms with E-state index >= 15 is 0 Å². The van der Waals surface area contributed by atoms with Gasteiger partial charge in [-0.15, -0.1) is 11.3 Å². The SMILES string of the molecule is CC(C)C[C@H](C(=O)N1CCN(c2ccc(S(=O)(=O)Cc3nccs3)cc2)C(=O)C1)N1CCCc2cc(Cl)ccc21.CN(CC(=O)N1CCN(c2ccc(S(=O)(=O)Nc3ccncn3)cc2)CC1)c1ccc(Cl)cc1.C[C@H](CC(=O)N1CCN(c2ccc(S(=O)(=O)Nc3ccncn3)cc2)CC1)c1ccccc1.O=C(c1ccc(Cl)cc1Cl)N1CCN(c2ccc(S(=O)(=O)Nc3ncns3)cc2)CC1.[HH].[HH].[HH].[HH].[HH]. The second-order valence-corrected chi connectivity index (χ2v) is 43.9. The van der Waals surface area contributed by atoms with E-state index in [-0.39, 0.29) is 104 Å². The molecule has 43 heteroatoms. The van der Waals surface area contributed by atoms with E-state index < -0.39 is 39.9 Å². The number of benzene rings is 8. The number of aryl methyl sites for hydroxylation is 1. The Morgan fingerprint density at radius 1 is 0.493 bits per heavy atom. The van der Waals surface area contributed by atoms with Gasteiger partial charge in [-0.1, -0.05) is 97.5 Å². The van der Waals surface area contributed by atoms with Crippen LogP contribution in [0.15, 0.2) is 263 Å². The molecule has 33 nitrogen and oxygen atoms in total. The normalized spacial score (nSPS) is 15.2. The summed E-state index contributed by atoms with van der Waals surface area (Å²) in [5, 5.41) is 4.66. The van der Waals surface area contributed by atoms with Gasteiger partial charge in [-0.2, -0.15) is 4.37 Å². The summed E-state index contributed by atoms with van der Waals surface area (Å²) in [6.45, 7) is 15.6. The number of carbonyl (C=O) groups is 5. The van der Waals surface area contributed by atoms with Crippen molar-refractivity contribution in [2.45, 2.75) is 83.7 Å². The van der Waals surface area contributed by atoms with E-state index in [0.29, 0.717) is 147 Å². The summed E-state index contributed by atoms with van der Waals surface area (Å²) in [4.78, 5) is 109. The molecule has 17 rings (SSSR count). The Morgan fingerprint density at radius 2 is 0.993 bits per heavy atom. The van der Waals surface area contributed by atoms with Gasteiger partial charge >= 0.3 is 0 Å². The van der Waals surface area contributed by atoms with Gasteiger partial charge in [0.15, 0.2) is 9.84 Å². The summed E-state index contributed by atoms with van der Waals surface area (Å²) in [6.07, 6.45) is 11.4. The van der Waals surface area contributed by atoms with E-state index in [0.717, 1.165) is 64.9 Å². The molecular formula is C95H112Cl4N20O13S6.